The molecule has 0 atom stereocenters. The lowest BCUT2D eigenvalue weighted by molar-refractivity contribution is -0.138. The second-order valence-electron chi connectivity index (χ2n) is 5.17. The highest BCUT2D eigenvalue weighted by Gasteiger charge is 2.32. The maximum absolute atomic E-state index is 12.0. The van der Waals surface area contributed by atoms with Crippen LogP contribution in [0.15, 0.2) is 41.8 Å². The number of anilines is 1. The number of fused-ring (bicyclic) bond motifs is 2. The van der Waals surface area contributed by atoms with Crippen molar-refractivity contribution in [2.24, 2.45) is 0 Å². The van der Waals surface area contributed by atoms with Crippen LogP contribution in [0.4, 0.5) is 5.69 Å². The number of hydrogen-bond donors (Lipinski definition) is 0. The van der Waals surface area contributed by atoms with Crippen molar-refractivity contribution >= 4 is 34.0 Å². The maximum Gasteiger partial charge on any atom is 0.354 e. The predicted octanol–water partition coefficient (Wildman–Crippen LogP) is 4.01. The molecule has 0 saturated heterocycles. The molecule has 0 aliphatic carbocycles. The monoisotopic (exact) mass is 342 g/mol. The normalized spacial score (nSPS) is 14.8. The van der Waals surface area contributed by atoms with Crippen LogP contribution >= 0.6 is 11.6 Å². The summed E-state index contributed by atoms with van der Waals surface area (Å²) in [5.41, 5.74) is 0.649. The van der Waals surface area contributed by atoms with Gasteiger partial charge < -0.3 is 14.4 Å². The van der Waals surface area contributed by atoms with E-state index in [1.54, 1.807) is 17.9 Å². The Kier molecular flexibility index (Phi) is 4.32. The van der Waals surface area contributed by atoms with E-state index in [2.05, 4.69) is 0 Å². The summed E-state index contributed by atoms with van der Waals surface area (Å²) in [7, 11) is 0. The first-order chi connectivity index (χ1) is 11.6. The fourth-order valence-corrected chi connectivity index (χ4v) is 2.86. The minimum absolute atomic E-state index is 0.142. The second-order valence-corrected chi connectivity index (χ2v) is 5.61. The van der Waals surface area contributed by atoms with Gasteiger partial charge in [0.15, 0.2) is 11.3 Å². The standard InChI is InChI=1S/C18H15ClN2O3/c1-3-21-15-8-12-7-13(19)6-5-11(12)9-16(15)24-17(21)14(10-20)18(22)23-4-2/h5-9H,3-4H2,1-2H3/b17-14+. The van der Waals surface area contributed by atoms with Gasteiger partial charge in [-0.1, -0.05) is 17.7 Å². The van der Waals surface area contributed by atoms with Gasteiger partial charge in [0, 0.05) is 11.6 Å². The minimum atomic E-state index is -0.686. The van der Waals surface area contributed by atoms with Crippen LogP contribution in [0.3, 0.4) is 0 Å². The van der Waals surface area contributed by atoms with Crippen molar-refractivity contribution in [3.63, 3.8) is 0 Å². The number of carbonyl (C=O) groups is 1. The molecule has 122 valence electrons. The van der Waals surface area contributed by atoms with E-state index in [0.717, 1.165) is 16.5 Å². The highest BCUT2D eigenvalue weighted by Crippen LogP contribution is 2.42. The van der Waals surface area contributed by atoms with E-state index in [1.165, 1.54) is 0 Å². The number of hydrogen-bond acceptors (Lipinski definition) is 5. The summed E-state index contributed by atoms with van der Waals surface area (Å²) in [4.78, 5) is 13.8. The molecule has 0 spiro atoms. The highest BCUT2D eigenvalue weighted by molar-refractivity contribution is 6.31. The van der Waals surface area contributed by atoms with Crippen LogP contribution in [0.2, 0.25) is 5.02 Å². The van der Waals surface area contributed by atoms with Gasteiger partial charge >= 0.3 is 5.97 Å². The number of ether oxygens (including phenoxy) is 2. The number of nitriles is 1. The zero-order valence-electron chi connectivity index (χ0n) is 13.3. The van der Waals surface area contributed by atoms with E-state index in [9.17, 15) is 10.1 Å². The first-order valence-electron chi connectivity index (χ1n) is 7.59. The Morgan fingerprint density at radius 2 is 2.08 bits per heavy atom. The van der Waals surface area contributed by atoms with Crippen molar-refractivity contribution in [3.8, 4) is 11.8 Å². The third kappa shape index (κ3) is 2.66. The van der Waals surface area contributed by atoms with Gasteiger partial charge in [0.1, 0.15) is 6.07 Å². The summed E-state index contributed by atoms with van der Waals surface area (Å²) in [6.45, 7) is 4.34. The lowest BCUT2D eigenvalue weighted by Crippen LogP contribution is -2.24. The van der Waals surface area contributed by atoms with E-state index in [4.69, 9.17) is 21.1 Å². The SMILES string of the molecule is CCOC(=O)/C(C#N)=C1/Oc2cc3ccc(Cl)cc3cc2N1CC. The van der Waals surface area contributed by atoms with Crippen molar-refractivity contribution in [2.75, 3.05) is 18.1 Å². The van der Waals surface area contributed by atoms with E-state index >= 15 is 0 Å². The van der Waals surface area contributed by atoms with Crippen LogP contribution in [0, 0.1) is 11.3 Å². The Hall–Kier alpha value is -2.71. The van der Waals surface area contributed by atoms with Gasteiger partial charge in [0.05, 0.1) is 12.3 Å². The van der Waals surface area contributed by atoms with Crippen molar-refractivity contribution in [2.45, 2.75) is 13.8 Å². The molecule has 2 aromatic rings. The maximum atomic E-state index is 12.0. The van der Waals surface area contributed by atoms with Crippen LogP contribution in [-0.2, 0) is 9.53 Å². The highest BCUT2D eigenvalue weighted by atomic mass is 35.5. The van der Waals surface area contributed by atoms with Gasteiger partial charge in [-0.25, -0.2) is 4.79 Å². The number of halogens is 1. The summed E-state index contributed by atoms with van der Waals surface area (Å²) in [5, 5.41) is 11.9. The molecular formula is C18H15ClN2O3. The number of rotatable bonds is 3. The molecule has 1 heterocycles. The summed E-state index contributed by atoms with van der Waals surface area (Å²) >= 11 is 6.06. The van der Waals surface area contributed by atoms with Crippen LogP contribution in [0.25, 0.3) is 10.8 Å². The molecule has 3 rings (SSSR count). The Morgan fingerprint density at radius 1 is 1.29 bits per heavy atom. The molecule has 0 amide bonds. The largest absolute Gasteiger partial charge is 0.462 e. The number of carbonyl (C=O) groups excluding carboxylic acids is 1. The fraction of sp³-hybridized carbons (Fsp3) is 0.222. The third-order valence-corrected chi connectivity index (χ3v) is 3.98. The summed E-state index contributed by atoms with van der Waals surface area (Å²) < 4.78 is 10.8. The minimum Gasteiger partial charge on any atom is -0.462 e. The van der Waals surface area contributed by atoms with Crippen molar-refractivity contribution in [3.05, 3.63) is 46.8 Å². The van der Waals surface area contributed by atoms with Gasteiger partial charge in [0.25, 0.3) is 0 Å². The quantitative estimate of drug-likeness (QED) is 0.479. The average Bonchev–Trinajstić information content (AvgIpc) is 2.90. The van der Waals surface area contributed by atoms with Crippen LogP contribution < -0.4 is 9.64 Å². The molecule has 5 nitrogen and oxygen atoms in total. The lowest BCUT2D eigenvalue weighted by Gasteiger charge is -2.16. The molecular weight excluding hydrogens is 328 g/mol. The zero-order valence-corrected chi connectivity index (χ0v) is 14.1. The van der Waals surface area contributed by atoms with Gasteiger partial charge in [-0.2, -0.15) is 5.26 Å². The van der Waals surface area contributed by atoms with Crippen LogP contribution in [0.5, 0.6) is 5.75 Å². The van der Waals surface area contributed by atoms with E-state index in [0.29, 0.717) is 17.3 Å². The van der Waals surface area contributed by atoms with Gasteiger partial charge in [-0.3, -0.25) is 0 Å². The molecule has 0 unspecified atom stereocenters. The molecule has 0 bridgehead atoms. The lowest BCUT2D eigenvalue weighted by atomic mass is 10.1. The van der Waals surface area contributed by atoms with Crippen molar-refractivity contribution in [1.29, 1.82) is 5.26 Å². The van der Waals surface area contributed by atoms with Gasteiger partial charge in [0.2, 0.25) is 5.88 Å². The molecule has 0 aromatic heterocycles. The molecule has 0 radical (unpaired) electrons. The zero-order chi connectivity index (χ0) is 17.3. The van der Waals surface area contributed by atoms with Crippen molar-refractivity contribution in [1.82, 2.24) is 0 Å². The Bertz CT molecular complexity index is 899. The Morgan fingerprint density at radius 3 is 2.75 bits per heavy atom. The molecule has 1 aliphatic rings. The number of nitrogens with zero attached hydrogens (tertiary/aromatic N) is 2. The molecule has 0 N–H and O–H groups in total. The Labute approximate surface area is 144 Å². The van der Waals surface area contributed by atoms with Crippen LogP contribution in [-0.4, -0.2) is 19.1 Å². The van der Waals surface area contributed by atoms with E-state index in [-0.39, 0.29) is 18.1 Å². The molecule has 0 saturated carbocycles. The molecule has 2 aromatic carbocycles. The predicted molar refractivity (Wildman–Crippen MR) is 91.9 cm³/mol. The fourth-order valence-electron chi connectivity index (χ4n) is 2.68. The van der Waals surface area contributed by atoms with Crippen molar-refractivity contribution < 1.29 is 14.3 Å². The second kappa shape index (κ2) is 6.42. The number of benzene rings is 2. The first-order valence-corrected chi connectivity index (χ1v) is 7.97. The van der Waals surface area contributed by atoms with Gasteiger partial charge in [-0.15, -0.1) is 0 Å². The molecule has 0 fully saturated rings. The topological polar surface area (TPSA) is 62.6 Å². The number of esters is 1. The molecule has 6 heteroatoms. The third-order valence-electron chi connectivity index (χ3n) is 3.74. The smallest absolute Gasteiger partial charge is 0.354 e. The summed E-state index contributed by atoms with van der Waals surface area (Å²) in [6, 6.07) is 11.3. The summed E-state index contributed by atoms with van der Waals surface area (Å²) in [5.74, 6) is 0.113. The average molecular weight is 343 g/mol. The van der Waals surface area contributed by atoms with Gasteiger partial charge in [-0.05, 0) is 48.9 Å². The molecule has 24 heavy (non-hydrogen) atoms. The Balaban J connectivity index is 2.15. The molecule has 1 aliphatic heterocycles. The first kappa shape index (κ1) is 16.2. The van der Waals surface area contributed by atoms with E-state index < -0.39 is 5.97 Å². The summed E-state index contributed by atoms with van der Waals surface area (Å²) in [6.07, 6.45) is 0. The van der Waals surface area contributed by atoms with Crippen LogP contribution in [0.1, 0.15) is 13.8 Å². The van der Waals surface area contributed by atoms with E-state index in [1.807, 2.05) is 37.3 Å².